The summed E-state index contributed by atoms with van der Waals surface area (Å²) in [7, 11) is 0. The Morgan fingerprint density at radius 3 is 2.38 bits per heavy atom. The van der Waals surface area contributed by atoms with E-state index >= 15 is 0 Å². The Kier molecular flexibility index (Phi) is 4.29. The summed E-state index contributed by atoms with van der Waals surface area (Å²) in [5.74, 6) is 0. The number of aromatic amines is 1. The summed E-state index contributed by atoms with van der Waals surface area (Å²) in [4.78, 5) is 3.72. The molecule has 0 aliphatic heterocycles. The first kappa shape index (κ1) is 10.0. The minimum absolute atomic E-state index is 0.428. The highest BCUT2D eigenvalue weighted by molar-refractivity contribution is 6.33. The quantitative estimate of drug-likeness (QED) is 0.688. The average Bonchev–Trinajstić information content (AvgIpc) is 2.59. The number of pyridine rings is 1. The van der Waals surface area contributed by atoms with Gasteiger partial charge in [-0.25, -0.2) is 4.98 Å². The van der Waals surface area contributed by atoms with Crippen molar-refractivity contribution in [3.63, 3.8) is 0 Å². The maximum absolute atomic E-state index is 5.52. The molecule has 0 aliphatic carbocycles. The highest BCUT2D eigenvalue weighted by atomic mass is 35.5. The molecule has 0 unspecified atom stereocenters. The Balaban J connectivity index is 0.000000145. The van der Waals surface area contributed by atoms with E-state index in [0.717, 1.165) is 0 Å². The molecule has 0 aliphatic rings. The Morgan fingerprint density at radius 2 is 2.08 bits per heavy atom. The van der Waals surface area contributed by atoms with Gasteiger partial charge in [0.15, 0.2) is 0 Å². The first-order chi connectivity index (χ1) is 6.29. The fourth-order valence-electron chi connectivity index (χ4n) is 0.594. The molecule has 2 aromatic heterocycles. The van der Waals surface area contributed by atoms with Crippen molar-refractivity contribution in [3.05, 3.63) is 47.0 Å². The highest BCUT2D eigenvalue weighted by Crippen LogP contribution is 2.10. The van der Waals surface area contributed by atoms with E-state index in [9.17, 15) is 0 Å². The zero-order valence-corrected chi connectivity index (χ0v) is 8.13. The van der Waals surface area contributed by atoms with Gasteiger partial charge in [0.1, 0.15) is 5.15 Å². The molecule has 1 N–H and O–H groups in total. The van der Waals surface area contributed by atoms with Crippen LogP contribution in [-0.4, -0.2) is 15.2 Å². The lowest BCUT2D eigenvalue weighted by Gasteiger charge is -1.85. The normalized spacial score (nSPS) is 8.77. The van der Waals surface area contributed by atoms with Crippen LogP contribution < -0.4 is 0 Å². The minimum atomic E-state index is 0.428. The largest absolute Gasteiger partial charge is 0.286 e. The van der Waals surface area contributed by atoms with Crippen LogP contribution in [-0.2, 0) is 0 Å². The topological polar surface area (TPSA) is 41.6 Å². The summed E-state index contributed by atoms with van der Waals surface area (Å²) in [5, 5.41) is 7.25. The maximum atomic E-state index is 5.52. The van der Waals surface area contributed by atoms with E-state index in [1.165, 1.54) is 0 Å². The molecular formula is C8H7Cl2N3. The van der Waals surface area contributed by atoms with Crippen LogP contribution in [0.15, 0.2) is 36.8 Å². The summed E-state index contributed by atoms with van der Waals surface area (Å²) < 4.78 is 0. The molecule has 3 nitrogen and oxygen atoms in total. The maximum Gasteiger partial charge on any atom is 0.130 e. The molecule has 0 bridgehead atoms. The molecule has 2 rings (SSSR count). The smallest absolute Gasteiger partial charge is 0.130 e. The van der Waals surface area contributed by atoms with Crippen LogP contribution in [0.2, 0.25) is 10.2 Å². The second-order valence-corrected chi connectivity index (χ2v) is 2.89. The van der Waals surface area contributed by atoms with Gasteiger partial charge in [-0.1, -0.05) is 23.2 Å². The summed E-state index contributed by atoms with van der Waals surface area (Å²) in [6.07, 6.45) is 5.02. The van der Waals surface area contributed by atoms with E-state index < -0.39 is 0 Å². The van der Waals surface area contributed by atoms with E-state index in [1.54, 1.807) is 30.7 Å². The van der Waals surface area contributed by atoms with E-state index in [4.69, 9.17) is 23.2 Å². The highest BCUT2D eigenvalue weighted by Gasteiger charge is 1.86. The van der Waals surface area contributed by atoms with Crippen molar-refractivity contribution in [3.8, 4) is 0 Å². The Labute approximate surface area is 85.7 Å². The number of hydrogen-bond acceptors (Lipinski definition) is 2. The Morgan fingerprint density at radius 1 is 1.23 bits per heavy atom. The summed E-state index contributed by atoms with van der Waals surface area (Å²) >= 11 is 11.0. The van der Waals surface area contributed by atoms with Crippen molar-refractivity contribution in [2.24, 2.45) is 0 Å². The molecule has 0 spiro atoms. The zero-order chi connectivity index (χ0) is 9.52. The van der Waals surface area contributed by atoms with Crippen LogP contribution in [0.4, 0.5) is 0 Å². The van der Waals surface area contributed by atoms with Crippen molar-refractivity contribution in [1.29, 1.82) is 0 Å². The molecule has 0 amide bonds. The summed E-state index contributed by atoms with van der Waals surface area (Å²) in [6.45, 7) is 0. The molecule has 0 aromatic carbocycles. The van der Waals surface area contributed by atoms with Gasteiger partial charge in [0.05, 0.1) is 0 Å². The number of rotatable bonds is 0. The summed E-state index contributed by atoms with van der Waals surface area (Å²) in [5.41, 5.74) is 0. The van der Waals surface area contributed by atoms with Crippen LogP contribution in [0.3, 0.4) is 0 Å². The average molecular weight is 216 g/mol. The van der Waals surface area contributed by atoms with Crippen LogP contribution in [0.1, 0.15) is 0 Å². The van der Waals surface area contributed by atoms with Gasteiger partial charge in [0.25, 0.3) is 0 Å². The second-order valence-electron chi connectivity index (χ2n) is 2.06. The van der Waals surface area contributed by atoms with Crippen molar-refractivity contribution >= 4 is 23.2 Å². The molecule has 0 saturated heterocycles. The summed E-state index contributed by atoms with van der Waals surface area (Å²) in [6, 6.07) is 5.09. The third-order valence-corrected chi connectivity index (χ3v) is 1.54. The Hall–Kier alpha value is -1.06. The molecule has 0 radical (unpaired) electrons. The second kappa shape index (κ2) is 5.56. The van der Waals surface area contributed by atoms with Gasteiger partial charge < -0.3 is 0 Å². The van der Waals surface area contributed by atoms with Gasteiger partial charge in [0.2, 0.25) is 0 Å². The molecule has 0 atom stereocenters. The van der Waals surface area contributed by atoms with Gasteiger partial charge in [-0.15, -0.1) is 0 Å². The molecular weight excluding hydrogens is 209 g/mol. The van der Waals surface area contributed by atoms with Crippen molar-refractivity contribution < 1.29 is 0 Å². The van der Waals surface area contributed by atoms with E-state index in [-0.39, 0.29) is 0 Å². The molecule has 13 heavy (non-hydrogen) atoms. The fourth-order valence-corrected chi connectivity index (χ4v) is 0.983. The number of aromatic nitrogens is 3. The number of nitrogens with zero attached hydrogens (tertiary/aromatic N) is 2. The van der Waals surface area contributed by atoms with Gasteiger partial charge in [0, 0.05) is 23.6 Å². The van der Waals surface area contributed by atoms with Gasteiger partial charge in [-0.05, 0) is 18.2 Å². The van der Waals surface area contributed by atoms with Gasteiger partial charge >= 0.3 is 0 Å². The SMILES string of the molecule is Clc1ccnc(Cl)c1.c1cn[nH]c1. The number of halogens is 2. The lowest BCUT2D eigenvalue weighted by atomic mass is 10.5. The number of nitrogens with one attached hydrogen (secondary N) is 1. The van der Waals surface area contributed by atoms with Gasteiger partial charge in [-0.3, -0.25) is 5.10 Å². The van der Waals surface area contributed by atoms with E-state index in [1.807, 2.05) is 6.07 Å². The molecule has 5 heteroatoms. The molecule has 0 fully saturated rings. The van der Waals surface area contributed by atoms with E-state index in [2.05, 4.69) is 15.2 Å². The first-order valence-electron chi connectivity index (χ1n) is 3.50. The third kappa shape index (κ3) is 4.50. The minimum Gasteiger partial charge on any atom is -0.286 e. The van der Waals surface area contributed by atoms with Crippen LogP contribution in [0, 0.1) is 0 Å². The predicted molar refractivity (Wildman–Crippen MR) is 52.8 cm³/mol. The van der Waals surface area contributed by atoms with Crippen LogP contribution >= 0.6 is 23.2 Å². The first-order valence-corrected chi connectivity index (χ1v) is 4.25. The van der Waals surface area contributed by atoms with Crippen LogP contribution in [0.25, 0.3) is 0 Å². The van der Waals surface area contributed by atoms with Gasteiger partial charge in [-0.2, -0.15) is 5.10 Å². The number of hydrogen-bond donors (Lipinski definition) is 1. The number of H-pyrrole nitrogens is 1. The molecule has 2 heterocycles. The van der Waals surface area contributed by atoms with Crippen molar-refractivity contribution in [2.45, 2.75) is 0 Å². The Bertz CT molecular complexity index is 300. The third-order valence-electron chi connectivity index (χ3n) is 1.09. The molecule has 0 saturated carbocycles. The van der Waals surface area contributed by atoms with Crippen LogP contribution in [0.5, 0.6) is 0 Å². The zero-order valence-electron chi connectivity index (χ0n) is 6.61. The molecule has 68 valence electrons. The van der Waals surface area contributed by atoms with Crippen molar-refractivity contribution in [2.75, 3.05) is 0 Å². The van der Waals surface area contributed by atoms with E-state index in [0.29, 0.717) is 10.2 Å². The fraction of sp³-hybridized carbons (Fsp3) is 0. The monoisotopic (exact) mass is 215 g/mol. The lowest BCUT2D eigenvalue weighted by molar-refractivity contribution is 1.09. The molecule has 2 aromatic rings. The standard InChI is InChI=1S/C5H3Cl2N.C3H4N2/c6-4-1-2-8-5(7)3-4;1-2-4-5-3-1/h1-3H;1-3H,(H,4,5). The predicted octanol–water partition coefficient (Wildman–Crippen LogP) is 2.80. The lowest BCUT2D eigenvalue weighted by Crippen LogP contribution is -1.69. The van der Waals surface area contributed by atoms with Crippen molar-refractivity contribution in [1.82, 2.24) is 15.2 Å².